The number of aryl methyl sites for hydroxylation is 1. The number of hydrogen-bond donors (Lipinski definition) is 1. The average Bonchev–Trinajstić information content (AvgIpc) is 2.78. The molecule has 2 rings (SSSR count). The Morgan fingerprint density at radius 1 is 1.37 bits per heavy atom. The number of benzene rings is 1. The summed E-state index contributed by atoms with van der Waals surface area (Å²) < 4.78 is 0. The third kappa shape index (κ3) is 3.24. The first-order valence-corrected chi connectivity index (χ1v) is 6.93. The fourth-order valence-electron chi connectivity index (χ4n) is 1.75. The summed E-state index contributed by atoms with van der Waals surface area (Å²) >= 11 is 7.49. The lowest BCUT2D eigenvalue weighted by atomic mass is 10.2. The SMILES string of the molecule is Cc1ccc(C(C)Nc2ccc(Cl)c([N+](=O)[O-])c2)s1. The molecule has 0 saturated carbocycles. The molecule has 6 heteroatoms. The van der Waals surface area contributed by atoms with Crippen LogP contribution in [0.2, 0.25) is 5.02 Å². The number of anilines is 1. The van der Waals surface area contributed by atoms with E-state index in [4.69, 9.17) is 11.6 Å². The molecule has 100 valence electrons. The molecule has 0 spiro atoms. The van der Waals surface area contributed by atoms with Crippen LogP contribution < -0.4 is 5.32 Å². The number of hydrogen-bond acceptors (Lipinski definition) is 4. The Labute approximate surface area is 120 Å². The van der Waals surface area contributed by atoms with Gasteiger partial charge in [-0.2, -0.15) is 0 Å². The number of halogens is 1. The predicted octanol–water partition coefficient (Wildman–Crippen LogP) is 4.79. The molecule has 0 aliphatic rings. The molecule has 0 fully saturated rings. The minimum absolute atomic E-state index is 0.0822. The van der Waals surface area contributed by atoms with Gasteiger partial charge in [-0.15, -0.1) is 11.3 Å². The highest BCUT2D eigenvalue weighted by molar-refractivity contribution is 7.12. The standard InChI is InChI=1S/C13H13ClN2O2S/c1-8-3-6-13(19-8)9(2)15-10-4-5-11(14)12(7-10)16(17)18/h3-7,9,15H,1-2H3. The van der Waals surface area contributed by atoms with Crippen molar-refractivity contribution >= 4 is 34.3 Å². The van der Waals surface area contributed by atoms with Crippen LogP contribution >= 0.6 is 22.9 Å². The Balaban J connectivity index is 2.19. The molecular weight excluding hydrogens is 284 g/mol. The van der Waals surface area contributed by atoms with Crippen LogP contribution in [0.3, 0.4) is 0 Å². The van der Waals surface area contributed by atoms with Crippen LogP contribution in [0, 0.1) is 17.0 Å². The Hall–Kier alpha value is -1.59. The van der Waals surface area contributed by atoms with Crippen molar-refractivity contribution < 1.29 is 4.92 Å². The van der Waals surface area contributed by atoms with Crippen LogP contribution in [0.15, 0.2) is 30.3 Å². The zero-order valence-electron chi connectivity index (χ0n) is 10.5. The van der Waals surface area contributed by atoms with Crippen molar-refractivity contribution in [2.75, 3.05) is 5.32 Å². The van der Waals surface area contributed by atoms with Crippen molar-refractivity contribution in [3.05, 3.63) is 55.2 Å². The van der Waals surface area contributed by atoms with E-state index in [0.717, 1.165) is 0 Å². The number of nitrogens with one attached hydrogen (secondary N) is 1. The smallest absolute Gasteiger partial charge is 0.289 e. The molecule has 1 atom stereocenters. The van der Waals surface area contributed by atoms with Gasteiger partial charge < -0.3 is 5.32 Å². The number of nitro benzene ring substituents is 1. The fraction of sp³-hybridized carbons (Fsp3) is 0.231. The molecule has 0 saturated heterocycles. The zero-order chi connectivity index (χ0) is 14.0. The number of nitro groups is 1. The molecule has 19 heavy (non-hydrogen) atoms. The normalized spacial score (nSPS) is 12.2. The molecule has 1 aromatic heterocycles. The minimum atomic E-state index is -0.479. The molecule has 0 aliphatic heterocycles. The molecule has 0 radical (unpaired) electrons. The molecular formula is C13H13ClN2O2S. The van der Waals surface area contributed by atoms with Crippen molar-refractivity contribution in [1.29, 1.82) is 0 Å². The quantitative estimate of drug-likeness (QED) is 0.652. The van der Waals surface area contributed by atoms with E-state index in [1.807, 2.05) is 13.8 Å². The predicted molar refractivity (Wildman–Crippen MR) is 79.2 cm³/mol. The van der Waals surface area contributed by atoms with Crippen LogP contribution in [-0.2, 0) is 0 Å². The van der Waals surface area contributed by atoms with E-state index in [0.29, 0.717) is 5.69 Å². The summed E-state index contributed by atoms with van der Waals surface area (Å²) in [5, 5.41) is 14.2. The van der Waals surface area contributed by atoms with Crippen LogP contribution in [0.4, 0.5) is 11.4 Å². The van der Waals surface area contributed by atoms with Gasteiger partial charge in [0.25, 0.3) is 5.69 Å². The second-order valence-electron chi connectivity index (χ2n) is 4.24. The van der Waals surface area contributed by atoms with Gasteiger partial charge in [0.15, 0.2) is 0 Å². The van der Waals surface area contributed by atoms with E-state index in [9.17, 15) is 10.1 Å². The number of rotatable bonds is 4. The van der Waals surface area contributed by atoms with Gasteiger partial charge >= 0.3 is 0 Å². The van der Waals surface area contributed by atoms with E-state index in [-0.39, 0.29) is 16.8 Å². The average molecular weight is 297 g/mol. The molecule has 0 aliphatic carbocycles. The van der Waals surface area contributed by atoms with Gasteiger partial charge in [0, 0.05) is 21.5 Å². The summed E-state index contributed by atoms with van der Waals surface area (Å²) in [6, 6.07) is 8.95. The summed E-state index contributed by atoms with van der Waals surface area (Å²) in [5.74, 6) is 0. The zero-order valence-corrected chi connectivity index (χ0v) is 12.1. The van der Waals surface area contributed by atoms with E-state index < -0.39 is 4.92 Å². The van der Waals surface area contributed by atoms with Gasteiger partial charge in [-0.05, 0) is 38.1 Å². The summed E-state index contributed by atoms with van der Waals surface area (Å²) in [5.41, 5.74) is 0.607. The van der Waals surface area contributed by atoms with E-state index in [2.05, 4.69) is 17.4 Å². The molecule has 1 aromatic carbocycles. The monoisotopic (exact) mass is 296 g/mol. The maximum atomic E-state index is 10.8. The maximum absolute atomic E-state index is 10.8. The summed E-state index contributed by atoms with van der Waals surface area (Å²) in [6.07, 6.45) is 0. The van der Waals surface area contributed by atoms with Gasteiger partial charge in [-0.1, -0.05) is 11.6 Å². The van der Waals surface area contributed by atoms with Crippen LogP contribution in [0.1, 0.15) is 22.7 Å². The van der Waals surface area contributed by atoms with Crippen LogP contribution in [0.5, 0.6) is 0 Å². The fourth-order valence-corrected chi connectivity index (χ4v) is 2.82. The third-order valence-electron chi connectivity index (χ3n) is 2.71. The Bertz CT molecular complexity index is 612. The molecule has 0 bridgehead atoms. The largest absolute Gasteiger partial charge is 0.378 e. The van der Waals surface area contributed by atoms with Crippen molar-refractivity contribution in [1.82, 2.24) is 0 Å². The Morgan fingerprint density at radius 2 is 2.11 bits per heavy atom. The number of thiophene rings is 1. The van der Waals surface area contributed by atoms with Crippen molar-refractivity contribution in [2.45, 2.75) is 19.9 Å². The first-order chi connectivity index (χ1) is 8.97. The molecule has 2 aromatic rings. The van der Waals surface area contributed by atoms with Gasteiger partial charge in [-0.3, -0.25) is 10.1 Å². The second kappa shape index (κ2) is 5.59. The molecule has 0 amide bonds. The summed E-state index contributed by atoms with van der Waals surface area (Å²) in [7, 11) is 0. The lowest BCUT2D eigenvalue weighted by Gasteiger charge is -2.13. The van der Waals surface area contributed by atoms with Crippen molar-refractivity contribution in [2.24, 2.45) is 0 Å². The first-order valence-electron chi connectivity index (χ1n) is 5.74. The van der Waals surface area contributed by atoms with E-state index >= 15 is 0 Å². The lowest BCUT2D eigenvalue weighted by molar-refractivity contribution is -0.384. The van der Waals surface area contributed by atoms with Crippen LogP contribution in [0.25, 0.3) is 0 Å². The summed E-state index contributed by atoms with van der Waals surface area (Å²) in [4.78, 5) is 12.8. The highest BCUT2D eigenvalue weighted by Gasteiger charge is 2.14. The third-order valence-corrected chi connectivity index (χ3v) is 4.22. The van der Waals surface area contributed by atoms with Gasteiger partial charge in [0.05, 0.1) is 11.0 Å². The van der Waals surface area contributed by atoms with E-state index in [1.54, 1.807) is 17.4 Å². The summed E-state index contributed by atoms with van der Waals surface area (Å²) in [6.45, 7) is 4.07. The number of nitrogens with zero attached hydrogens (tertiary/aromatic N) is 1. The molecule has 1 heterocycles. The van der Waals surface area contributed by atoms with Gasteiger partial charge in [0.2, 0.25) is 0 Å². The first kappa shape index (κ1) is 13.8. The molecule has 4 nitrogen and oxygen atoms in total. The maximum Gasteiger partial charge on any atom is 0.289 e. The molecule has 1 unspecified atom stereocenters. The van der Waals surface area contributed by atoms with E-state index in [1.165, 1.54) is 21.9 Å². The van der Waals surface area contributed by atoms with Gasteiger partial charge in [0.1, 0.15) is 5.02 Å². The second-order valence-corrected chi connectivity index (χ2v) is 5.96. The highest BCUT2D eigenvalue weighted by atomic mass is 35.5. The topological polar surface area (TPSA) is 55.2 Å². The van der Waals surface area contributed by atoms with Crippen LogP contribution in [-0.4, -0.2) is 4.92 Å². The van der Waals surface area contributed by atoms with Crippen molar-refractivity contribution in [3.63, 3.8) is 0 Å². The van der Waals surface area contributed by atoms with Crippen molar-refractivity contribution in [3.8, 4) is 0 Å². The van der Waals surface area contributed by atoms with Gasteiger partial charge in [-0.25, -0.2) is 0 Å². The highest BCUT2D eigenvalue weighted by Crippen LogP contribution is 2.30. The Kier molecular flexibility index (Phi) is 4.07. The Morgan fingerprint density at radius 3 is 2.68 bits per heavy atom. The minimum Gasteiger partial charge on any atom is -0.378 e. The molecule has 1 N–H and O–H groups in total. The lowest BCUT2D eigenvalue weighted by Crippen LogP contribution is -2.05.